The number of thioether (sulfide) groups is 1. The van der Waals surface area contributed by atoms with Gasteiger partial charge >= 0.3 is 5.97 Å². The lowest BCUT2D eigenvalue weighted by molar-refractivity contribution is -0.150. The molecule has 1 aliphatic heterocycles. The minimum absolute atomic E-state index is 0.0808. The number of nitrogens with zero attached hydrogens (tertiary/aromatic N) is 2. The number of esters is 1. The average Bonchev–Trinajstić information content (AvgIpc) is 2.82. The Balaban J connectivity index is 1.92. The lowest BCUT2D eigenvalue weighted by atomic mass is 9.79. The molecule has 2 atom stereocenters. The molecule has 0 aromatic heterocycles. The Hall–Kier alpha value is -3.08. The van der Waals surface area contributed by atoms with Crippen molar-refractivity contribution in [2.24, 2.45) is 10.9 Å². The summed E-state index contributed by atoms with van der Waals surface area (Å²) < 4.78 is 5.67. The number of aryl methyl sites for hydroxylation is 1. The number of carbonyl (C=O) groups is 2. The zero-order valence-corrected chi connectivity index (χ0v) is 22.7. The second kappa shape index (κ2) is 11.8. The van der Waals surface area contributed by atoms with E-state index < -0.39 is 23.4 Å². The first kappa shape index (κ1) is 27.5. The van der Waals surface area contributed by atoms with E-state index in [4.69, 9.17) is 16.3 Å². The van der Waals surface area contributed by atoms with Gasteiger partial charge in [-0.2, -0.15) is 5.26 Å². The first-order valence-electron chi connectivity index (χ1n) is 11.7. The Labute approximate surface area is 221 Å². The van der Waals surface area contributed by atoms with E-state index in [0.29, 0.717) is 21.3 Å². The Morgan fingerprint density at radius 3 is 2.44 bits per heavy atom. The molecule has 188 valence electrons. The van der Waals surface area contributed by atoms with Crippen molar-refractivity contribution in [3.05, 3.63) is 76.0 Å². The predicted octanol–water partition coefficient (Wildman–Crippen LogP) is 6.53. The van der Waals surface area contributed by atoms with Crippen molar-refractivity contribution in [1.82, 2.24) is 0 Å². The number of rotatable bonds is 6. The van der Waals surface area contributed by atoms with Gasteiger partial charge in [0.25, 0.3) is 0 Å². The van der Waals surface area contributed by atoms with Crippen molar-refractivity contribution in [2.75, 3.05) is 11.1 Å². The van der Waals surface area contributed by atoms with Crippen LogP contribution in [0.2, 0.25) is 5.02 Å². The van der Waals surface area contributed by atoms with Crippen LogP contribution < -0.4 is 5.32 Å². The molecule has 0 aliphatic carbocycles. The van der Waals surface area contributed by atoms with E-state index in [1.54, 1.807) is 52.0 Å². The number of nitrogens with one attached hydrogen (secondary N) is 1. The minimum atomic E-state index is -0.766. The minimum Gasteiger partial charge on any atom is -0.457 e. The SMILES string of the molecule is CCc1ccccc1NC(=O)CSC1=NC(C)=C(C(=O)OC(C)(C)C)C(c2ccc(Cl)cc2)C1C#N. The molecule has 1 aliphatic rings. The summed E-state index contributed by atoms with van der Waals surface area (Å²) in [6.45, 7) is 9.14. The normalized spacial score (nSPS) is 17.8. The molecule has 2 aromatic carbocycles. The summed E-state index contributed by atoms with van der Waals surface area (Å²) in [5.74, 6) is -1.99. The average molecular weight is 524 g/mol. The van der Waals surface area contributed by atoms with Crippen molar-refractivity contribution in [2.45, 2.75) is 52.6 Å². The summed E-state index contributed by atoms with van der Waals surface area (Å²) in [6, 6.07) is 17.0. The van der Waals surface area contributed by atoms with Crippen LogP contribution in [0.25, 0.3) is 0 Å². The number of allylic oxidation sites excluding steroid dienone is 1. The number of benzene rings is 2. The molecule has 0 spiro atoms. The molecule has 2 unspecified atom stereocenters. The molecule has 1 amide bonds. The number of ether oxygens (including phenoxy) is 1. The summed E-state index contributed by atoms with van der Waals surface area (Å²) in [5.41, 5.74) is 2.67. The Morgan fingerprint density at radius 1 is 1.17 bits per heavy atom. The molecular formula is C28H30ClN3O3S. The maximum absolute atomic E-state index is 13.2. The van der Waals surface area contributed by atoms with E-state index >= 15 is 0 Å². The van der Waals surface area contributed by atoms with Gasteiger partial charge in [0.2, 0.25) is 5.91 Å². The number of amides is 1. The number of anilines is 1. The molecule has 1 N–H and O–H groups in total. The van der Waals surface area contributed by atoms with Crippen molar-refractivity contribution < 1.29 is 14.3 Å². The third-order valence-electron chi connectivity index (χ3n) is 5.59. The zero-order chi connectivity index (χ0) is 26.5. The molecule has 0 radical (unpaired) electrons. The highest BCUT2D eigenvalue weighted by molar-refractivity contribution is 8.14. The van der Waals surface area contributed by atoms with Gasteiger partial charge in [0.1, 0.15) is 11.5 Å². The van der Waals surface area contributed by atoms with E-state index in [1.165, 1.54) is 11.8 Å². The maximum atomic E-state index is 13.2. The highest BCUT2D eigenvalue weighted by atomic mass is 35.5. The largest absolute Gasteiger partial charge is 0.457 e. The van der Waals surface area contributed by atoms with Crippen molar-refractivity contribution in [3.8, 4) is 6.07 Å². The Kier molecular flexibility index (Phi) is 8.99. The van der Waals surface area contributed by atoms with Gasteiger partial charge in [0.05, 0.1) is 22.4 Å². The highest BCUT2D eigenvalue weighted by Crippen LogP contribution is 2.42. The van der Waals surface area contributed by atoms with E-state index in [2.05, 4.69) is 16.4 Å². The molecule has 0 saturated carbocycles. The summed E-state index contributed by atoms with van der Waals surface area (Å²) in [6.07, 6.45) is 0.799. The molecule has 0 bridgehead atoms. The number of para-hydroxylation sites is 1. The summed E-state index contributed by atoms with van der Waals surface area (Å²) in [7, 11) is 0. The Morgan fingerprint density at radius 2 is 1.83 bits per heavy atom. The van der Waals surface area contributed by atoms with Gasteiger partial charge in [-0.15, -0.1) is 0 Å². The molecular weight excluding hydrogens is 494 g/mol. The van der Waals surface area contributed by atoms with Gasteiger partial charge in [-0.05, 0) is 63.4 Å². The number of nitriles is 1. The maximum Gasteiger partial charge on any atom is 0.337 e. The van der Waals surface area contributed by atoms with Gasteiger partial charge in [-0.25, -0.2) is 9.79 Å². The number of aliphatic imine (C=N–C) groups is 1. The first-order valence-corrected chi connectivity index (χ1v) is 13.1. The lowest BCUT2D eigenvalue weighted by Gasteiger charge is -2.31. The van der Waals surface area contributed by atoms with Gasteiger partial charge in [0, 0.05) is 22.3 Å². The van der Waals surface area contributed by atoms with Gasteiger partial charge in [-0.1, -0.05) is 60.6 Å². The summed E-state index contributed by atoms with van der Waals surface area (Å²) >= 11 is 7.30. The van der Waals surface area contributed by atoms with Gasteiger partial charge in [-0.3, -0.25) is 4.79 Å². The van der Waals surface area contributed by atoms with E-state index in [1.807, 2.05) is 31.2 Å². The molecule has 8 heteroatoms. The quantitative estimate of drug-likeness (QED) is 0.435. The van der Waals surface area contributed by atoms with E-state index in [9.17, 15) is 14.9 Å². The van der Waals surface area contributed by atoms with Crippen LogP contribution in [0.4, 0.5) is 5.69 Å². The van der Waals surface area contributed by atoms with Crippen LogP contribution >= 0.6 is 23.4 Å². The second-order valence-electron chi connectivity index (χ2n) is 9.43. The standard InChI is InChI=1S/C28H30ClN3O3S/c1-6-18-9-7-8-10-22(18)32-23(33)16-36-26-21(15-30)25(19-11-13-20(29)14-12-19)24(17(2)31-26)27(34)35-28(3,4)5/h7-14,21,25H,6,16H2,1-5H3,(H,32,33). The van der Waals surface area contributed by atoms with Crippen LogP contribution in [0.5, 0.6) is 0 Å². The van der Waals surface area contributed by atoms with Crippen molar-refractivity contribution >= 4 is 46.0 Å². The smallest absolute Gasteiger partial charge is 0.337 e. The molecule has 3 rings (SSSR count). The van der Waals surface area contributed by atoms with Crippen LogP contribution in [-0.4, -0.2) is 28.3 Å². The molecule has 6 nitrogen and oxygen atoms in total. The fourth-order valence-corrected chi connectivity index (χ4v) is 5.04. The molecule has 0 saturated heterocycles. The highest BCUT2D eigenvalue weighted by Gasteiger charge is 2.40. The van der Waals surface area contributed by atoms with Crippen LogP contribution in [0, 0.1) is 17.2 Å². The third kappa shape index (κ3) is 6.77. The fourth-order valence-electron chi connectivity index (χ4n) is 3.99. The summed E-state index contributed by atoms with van der Waals surface area (Å²) in [5, 5.41) is 14.2. The lowest BCUT2D eigenvalue weighted by Crippen LogP contribution is -2.33. The molecule has 1 heterocycles. The van der Waals surface area contributed by atoms with E-state index in [-0.39, 0.29) is 11.7 Å². The van der Waals surface area contributed by atoms with Crippen LogP contribution in [0.1, 0.15) is 51.7 Å². The van der Waals surface area contributed by atoms with Crippen LogP contribution in [0.3, 0.4) is 0 Å². The number of carbonyl (C=O) groups excluding carboxylic acids is 2. The zero-order valence-electron chi connectivity index (χ0n) is 21.1. The fraction of sp³-hybridized carbons (Fsp3) is 0.357. The molecule has 2 aromatic rings. The number of halogens is 1. The predicted molar refractivity (Wildman–Crippen MR) is 146 cm³/mol. The van der Waals surface area contributed by atoms with E-state index in [0.717, 1.165) is 23.2 Å². The van der Waals surface area contributed by atoms with Crippen LogP contribution in [0.15, 0.2) is 64.8 Å². The number of hydrogen-bond donors (Lipinski definition) is 1. The van der Waals surface area contributed by atoms with Crippen molar-refractivity contribution in [1.29, 1.82) is 5.26 Å². The van der Waals surface area contributed by atoms with Crippen molar-refractivity contribution in [3.63, 3.8) is 0 Å². The monoisotopic (exact) mass is 523 g/mol. The number of hydrogen-bond acceptors (Lipinski definition) is 6. The van der Waals surface area contributed by atoms with Crippen LogP contribution in [-0.2, 0) is 20.7 Å². The Bertz CT molecular complexity index is 1240. The molecule has 0 fully saturated rings. The topological polar surface area (TPSA) is 91.6 Å². The first-order chi connectivity index (χ1) is 17.0. The molecule has 36 heavy (non-hydrogen) atoms. The van der Waals surface area contributed by atoms with Gasteiger partial charge < -0.3 is 10.1 Å². The third-order valence-corrected chi connectivity index (χ3v) is 6.89. The summed E-state index contributed by atoms with van der Waals surface area (Å²) in [4.78, 5) is 30.6. The van der Waals surface area contributed by atoms with Gasteiger partial charge in [0.15, 0.2) is 0 Å². The second-order valence-corrected chi connectivity index (χ2v) is 10.9.